The highest BCUT2D eigenvalue weighted by atomic mass is 16.5. The van der Waals surface area contributed by atoms with E-state index in [9.17, 15) is 0 Å². The summed E-state index contributed by atoms with van der Waals surface area (Å²) in [5, 5.41) is 9.11. The molecule has 50 heavy (non-hydrogen) atoms. The maximum Gasteiger partial charge on any atom is 0.164 e. The van der Waals surface area contributed by atoms with Crippen molar-refractivity contribution in [2.24, 2.45) is 0 Å². The largest absolute Gasteiger partial charge is 0.456 e. The quantitative estimate of drug-likeness (QED) is 0.179. The lowest BCUT2D eigenvalue weighted by Gasteiger charge is -2.23. The summed E-state index contributed by atoms with van der Waals surface area (Å²) in [5.74, 6) is 3.54. The fraction of sp³-hybridized carbons (Fsp3) is 0. The fourth-order valence-electron chi connectivity index (χ4n) is 7.60. The van der Waals surface area contributed by atoms with Crippen molar-refractivity contribution in [3.63, 3.8) is 0 Å². The summed E-state index contributed by atoms with van der Waals surface area (Å²) >= 11 is 0. The van der Waals surface area contributed by atoms with Crippen molar-refractivity contribution in [3.8, 4) is 56.8 Å². The van der Waals surface area contributed by atoms with Gasteiger partial charge >= 0.3 is 0 Å². The Morgan fingerprint density at radius 3 is 1.90 bits per heavy atom. The Hall–Kier alpha value is -6.85. The summed E-state index contributed by atoms with van der Waals surface area (Å²) in [6, 6.07) is 52.0. The molecule has 11 rings (SSSR count). The zero-order chi connectivity index (χ0) is 32.8. The molecule has 8 aromatic carbocycles. The maximum absolute atomic E-state index is 6.79. The predicted molar refractivity (Wildman–Crippen MR) is 201 cm³/mol. The van der Waals surface area contributed by atoms with E-state index in [0.29, 0.717) is 17.5 Å². The number of para-hydroxylation sites is 1. The van der Waals surface area contributed by atoms with Crippen LogP contribution in [0.3, 0.4) is 0 Å². The third kappa shape index (κ3) is 3.98. The van der Waals surface area contributed by atoms with Gasteiger partial charge in [-0.3, -0.25) is 0 Å². The molecule has 0 saturated carbocycles. The SMILES string of the molecule is c1ccc(-c2nc(-c3cccc(-c4ccc5ccc6ccc7cccc8c7c6c5c4O8)c3)nc(-c3cccc4oc5ccccc5c34)n2)cc1. The smallest absolute Gasteiger partial charge is 0.164 e. The Morgan fingerprint density at radius 1 is 0.380 bits per heavy atom. The van der Waals surface area contributed by atoms with Crippen molar-refractivity contribution in [1.82, 2.24) is 15.0 Å². The van der Waals surface area contributed by atoms with Crippen molar-refractivity contribution in [2.45, 2.75) is 0 Å². The fourth-order valence-corrected chi connectivity index (χ4v) is 7.60. The minimum absolute atomic E-state index is 0.590. The van der Waals surface area contributed by atoms with E-state index < -0.39 is 0 Å². The van der Waals surface area contributed by atoms with E-state index in [2.05, 4.69) is 91.0 Å². The van der Waals surface area contributed by atoms with Crippen molar-refractivity contribution >= 4 is 54.3 Å². The molecule has 0 amide bonds. The van der Waals surface area contributed by atoms with Crippen LogP contribution in [0.1, 0.15) is 0 Å². The van der Waals surface area contributed by atoms with Gasteiger partial charge in [0, 0.05) is 49.2 Å². The summed E-state index contributed by atoms with van der Waals surface area (Å²) in [5.41, 5.74) is 6.37. The summed E-state index contributed by atoms with van der Waals surface area (Å²) in [7, 11) is 0. The average Bonchev–Trinajstić information content (AvgIpc) is 3.57. The third-order valence-electron chi connectivity index (χ3n) is 9.88. The topological polar surface area (TPSA) is 61.0 Å². The van der Waals surface area contributed by atoms with Gasteiger partial charge in [-0.2, -0.15) is 0 Å². The van der Waals surface area contributed by atoms with Crippen LogP contribution in [0.2, 0.25) is 0 Å². The van der Waals surface area contributed by atoms with Crippen LogP contribution in [0.4, 0.5) is 0 Å². The molecule has 0 N–H and O–H groups in total. The molecule has 2 aromatic heterocycles. The maximum atomic E-state index is 6.79. The van der Waals surface area contributed by atoms with Gasteiger partial charge < -0.3 is 9.15 Å². The van der Waals surface area contributed by atoms with Crippen LogP contribution in [-0.2, 0) is 0 Å². The summed E-state index contributed by atoms with van der Waals surface area (Å²) in [6.45, 7) is 0. The zero-order valence-corrected chi connectivity index (χ0v) is 26.6. The summed E-state index contributed by atoms with van der Waals surface area (Å²) < 4.78 is 13.0. The van der Waals surface area contributed by atoms with Gasteiger partial charge in [0.15, 0.2) is 17.5 Å². The highest BCUT2D eigenvalue weighted by Crippen LogP contribution is 2.50. The molecule has 10 aromatic rings. The highest BCUT2D eigenvalue weighted by molar-refractivity contribution is 6.26. The molecule has 5 heteroatoms. The summed E-state index contributed by atoms with van der Waals surface area (Å²) in [4.78, 5) is 15.2. The highest BCUT2D eigenvalue weighted by Gasteiger charge is 2.23. The minimum atomic E-state index is 0.590. The van der Waals surface area contributed by atoms with E-state index >= 15 is 0 Å². The molecule has 0 fully saturated rings. The molecule has 0 saturated heterocycles. The molecule has 0 unspecified atom stereocenters. The number of hydrogen-bond acceptors (Lipinski definition) is 5. The first-order valence-electron chi connectivity index (χ1n) is 16.7. The first kappa shape index (κ1) is 27.1. The Morgan fingerprint density at radius 2 is 1.02 bits per heavy atom. The van der Waals surface area contributed by atoms with E-state index in [-0.39, 0.29) is 0 Å². The molecule has 0 radical (unpaired) electrons. The standard InChI is InChI=1S/C45H25N3O2/c1-2-9-29(10-3-1)43-46-44(48-45(47-43)34-15-8-18-37-41(34)33-14-4-5-16-35(33)49-37)31-13-6-12-30(25-31)32-24-23-28-22-21-27-20-19-26-11-7-17-36-38(26)39(27)40(28)42(32)50-36/h1-25H. The Labute approximate surface area is 286 Å². The number of furan rings is 1. The number of rotatable bonds is 4. The van der Waals surface area contributed by atoms with E-state index in [1.807, 2.05) is 60.7 Å². The van der Waals surface area contributed by atoms with Gasteiger partial charge in [0.1, 0.15) is 22.7 Å². The van der Waals surface area contributed by atoms with Crippen molar-refractivity contribution in [3.05, 3.63) is 152 Å². The van der Waals surface area contributed by atoms with Crippen LogP contribution >= 0.6 is 0 Å². The first-order valence-corrected chi connectivity index (χ1v) is 16.7. The number of nitrogens with zero attached hydrogens (tertiary/aromatic N) is 3. The van der Waals surface area contributed by atoms with Gasteiger partial charge in [-0.15, -0.1) is 0 Å². The number of ether oxygens (including phenoxy) is 1. The molecule has 3 heterocycles. The predicted octanol–water partition coefficient (Wildman–Crippen LogP) is 12.0. The molecule has 5 nitrogen and oxygen atoms in total. The Balaban J connectivity index is 1.13. The van der Waals surface area contributed by atoms with E-state index in [1.165, 1.54) is 21.5 Å². The Bertz CT molecular complexity index is 3010. The monoisotopic (exact) mass is 639 g/mol. The second-order valence-corrected chi connectivity index (χ2v) is 12.8. The van der Waals surface area contributed by atoms with Gasteiger partial charge in [-0.25, -0.2) is 15.0 Å². The van der Waals surface area contributed by atoms with Crippen LogP contribution in [-0.4, -0.2) is 15.0 Å². The normalized spacial score (nSPS) is 12.2. The molecule has 0 atom stereocenters. The molecule has 1 aliphatic rings. The number of fused-ring (bicyclic) bond motifs is 3. The minimum Gasteiger partial charge on any atom is -0.456 e. The van der Waals surface area contributed by atoms with E-state index in [1.54, 1.807) is 0 Å². The molecule has 0 aliphatic carbocycles. The molecule has 0 bridgehead atoms. The van der Waals surface area contributed by atoms with Crippen LogP contribution in [0.25, 0.3) is 99.5 Å². The molecule has 0 spiro atoms. The molecular formula is C45H25N3O2. The number of aromatic nitrogens is 3. The van der Waals surface area contributed by atoms with Crippen molar-refractivity contribution in [1.29, 1.82) is 0 Å². The number of benzene rings is 8. The van der Waals surface area contributed by atoms with Crippen molar-refractivity contribution in [2.75, 3.05) is 0 Å². The molecule has 232 valence electrons. The second kappa shape index (κ2) is 10.3. The van der Waals surface area contributed by atoms with Crippen molar-refractivity contribution < 1.29 is 9.15 Å². The van der Waals surface area contributed by atoms with Gasteiger partial charge in [0.25, 0.3) is 0 Å². The van der Waals surface area contributed by atoms with Gasteiger partial charge in [0.2, 0.25) is 0 Å². The lowest BCUT2D eigenvalue weighted by atomic mass is 9.90. The van der Waals surface area contributed by atoms with Gasteiger partial charge in [-0.1, -0.05) is 121 Å². The summed E-state index contributed by atoms with van der Waals surface area (Å²) in [6.07, 6.45) is 0. The lowest BCUT2D eigenvalue weighted by molar-refractivity contribution is 0.494. The van der Waals surface area contributed by atoms with E-state index in [0.717, 1.165) is 72.0 Å². The number of hydrogen-bond donors (Lipinski definition) is 0. The van der Waals surface area contributed by atoms with Crippen LogP contribution < -0.4 is 4.74 Å². The first-order chi connectivity index (χ1) is 24.8. The second-order valence-electron chi connectivity index (χ2n) is 12.8. The third-order valence-corrected chi connectivity index (χ3v) is 9.88. The molecule has 1 aliphatic heterocycles. The lowest BCUT2D eigenvalue weighted by Crippen LogP contribution is -2.01. The van der Waals surface area contributed by atoms with Gasteiger partial charge in [0.05, 0.1) is 0 Å². The zero-order valence-electron chi connectivity index (χ0n) is 26.6. The van der Waals surface area contributed by atoms with Crippen LogP contribution in [0.5, 0.6) is 11.5 Å². The van der Waals surface area contributed by atoms with Gasteiger partial charge in [-0.05, 0) is 52.1 Å². The Kier molecular flexibility index (Phi) is 5.60. The van der Waals surface area contributed by atoms with Crippen LogP contribution in [0.15, 0.2) is 156 Å². The van der Waals surface area contributed by atoms with E-state index in [4.69, 9.17) is 24.1 Å². The average molecular weight is 640 g/mol. The molecular weight excluding hydrogens is 615 g/mol. The van der Waals surface area contributed by atoms with Crippen LogP contribution in [0, 0.1) is 0 Å².